The Hall–Kier alpha value is -3.35. The minimum atomic E-state index is -0.433. The zero-order valence-corrected chi connectivity index (χ0v) is 15.8. The van der Waals surface area contributed by atoms with Crippen LogP contribution in [0, 0.1) is 12.8 Å². The second kappa shape index (κ2) is 7.34. The molecular formula is C21H21N3O4. The maximum atomic E-state index is 12.7. The Bertz CT molecular complexity index is 1040. The summed E-state index contributed by atoms with van der Waals surface area (Å²) in [4.78, 5) is 31.2. The summed E-state index contributed by atoms with van der Waals surface area (Å²) in [6.45, 7) is 4.50. The molecule has 1 aliphatic heterocycles. The van der Waals surface area contributed by atoms with Crippen LogP contribution in [0.4, 0.5) is 11.4 Å². The van der Waals surface area contributed by atoms with E-state index in [0.29, 0.717) is 47.3 Å². The maximum absolute atomic E-state index is 12.7. The van der Waals surface area contributed by atoms with Gasteiger partial charge in [-0.15, -0.1) is 0 Å². The predicted octanol–water partition coefficient (Wildman–Crippen LogP) is 3.53. The van der Waals surface area contributed by atoms with E-state index in [2.05, 4.69) is 10.3 Å². The number of aryl methyl sites for hydroxylation is 1. The van der Waals surface area contributed by atoms with Gasteiger partial charge in [0.25, 0.3) is 0 Å². The lowest BCUT2D eigenvalue weighted by Crippen LogP contribution is -2.28. The number of para-hydroxylation sites is 2. The lowest BCUT2D eigenvalue weighted by Gasteiger charge is -2.20. The van der Waals surface area contributed by atoms with Gasteiger partial charge in [-0.2, -0.15) is 0 Å². The van der Waals surface area contributed by atoms with Crippen molar-refractivity contribution in [3.8, 4) is 5.75 Å². The smallest absolute Gasteiger partial charge is 0.229 e. The van der Waals surface area contributed by atoms with E-state index in [1.165, 1.54) is 0 Å². The van der Waals surface area contributed by atoms with E-state index in [-0.39, 0.29) is 18.2 Å². The number of aromatic nitrogens is 1. The van der Waals surface area contributed by atoms with E-state index in [9.17, 15) is 9.59 Å². The highest BCUT2D eigenvalue weighted by Gasteiger charge is 2.36. The molecule has 144 valence electrons. The molecule has 1 aromatic heterocycles. The largest absolute Gasteiger partial charge is 0.492 e. The highest BCUT2D eigenvalue weighted by atomic mass is 16.5. The van der Waals surface area contributed by atoms with Crippen LogP contribution in [-0.2, 0) is 9.59 Å². The van der Waals surface area contributed by atoms with E-state index in [4.69, 9.17) is 9.15 Å². The monoisotopic (exact) mass is 379 g/mol. The minimum Gasteiger partial charge on any atom is -0.492 e. The van der Waals surface area contributed by atoms with Gasteiger partial charge in [-0.05, 0) is 37.3 Å². The molecule has 1 unspecified atom stereocenters. The van der Waals surface area contributed by atoms with Crippen molar-refractivity contribution in [3.05, 3.63) is 48.4 Å². The van der Waals surface area contributed by atoms with Crippen molar-refractivity contribution in [3.63, 3.8) is 0 Å². The molecule has 4 rings (SSSR count). The number of nitrogens with zero attached hydrogens (tertiary/aromatic N) is 2. The molecule has 2 amide bonds. The highest BCUT2D eigenvalue weighted by molar-refractivity contribution is 6.04. The number of hydrogen-bond acceptors (Lipinski definition) is 5. The molecule has 1 fully saturated rings. The number of carbonyl (C=O) groups is 2. The Labute approximate surface area is 162 Å². The average Bonchev–Trinajstić information content (AvgIpc) is 3.24. The molecule has 1 atom stereocenters. The first kappa shape index (κ1) is 18.0. The molecule has 28 heavy (non-hydrogen) atoms. The number of nitrogens with one attached hydrogen (secondary N) is 1. The number of anilines is 2. The molecule has 0 spiro atoms. The van der Waals surface area contributed by atoms with Gasteiger partial charge >= 0.3 is 0 Å². The van der Waals surface area contributed by atoms with Crippen LogP contribution >= 0.6 is 0 Å². The van der Waals surface area contributed by atoms with Crippen LogP contribution in [0.5, 0.6) is 5.75 Å². The fourth-order valence-electron chi connectivity index (χ4n) is 3.44. The third kappa shape index (κ3) is 3.43. The molecule has 1 saturated heterocycles. The molecule has 0 aliphatic carbocycles. The maximum Gasteiger partial charge on any atom is 0.229 e. The van der Waals surface area contributed by atoms with Crippen LogP contribution in [0.25, 0.3) is 11.1 Å². The molecule has 2 heterocycles. The number of hydrogen-bond donors (Lipinski definition) is 1. The van der Waals surface area contributed by atoms with Crippen LogP contribution in [0.1, 0.15) is 19.2 Å². The van der Waals surface area contributed by atoms with E-state index < -0.39 is 5.92 Å². The van der Waals surface area contributed by atoms with Crippen molar-refractivity contribution < 1.29 is 18.7 Å². The van der Waals surface area contributed by atoms with Crippen LogP contribution in [0.3, 0.4) is 0 Å². The summed E-state index contributed by atoms with van der Waals surface area (Å²) in [5, 5.41) is 2.89. The average molecular weight is 379 g/mol. The first-order valence-electron chi connectivity index (χ1n) is 9.25. The van der Waals surface area contributed by atoms with Crippen molar-refractivity contribution in [2.24, 2.45) is 5.92 Å². The zero-order valence-electron chi connectivity index (χ0n) is 15.8. The van der Waals surface area contributed by atoms with Crippen LogP contribution < -0.4 is 15.0 Å². The second-order valence-corrected chi connectivity index (χ2v) is 6.71. The van der Waals surface area contributed by atoms with E-state index in [1.807, 2.05) is 31.2 Å². The van der Waals surface area contributed by atoms with Gasteiger partial charge in [-0.3, -0.25) is 9.59 Å². The van der Waals surface area contributed by atoms with Crippen molar-refractivity contribution in [1.29, 1.82) is 0 Å². The number of oxazole rings is 1. The Morgan fingerprint density at radius 3 is 2.96 bits per heavy atom. The summed E-state index contributed by atoms with van der Waals surface area (Å²) in [5.41, 5.74) is 2.69. The fourth-order valence-corrected chi connectivity index (χ4v) is 3.44. The van der Waals surface area contributed by atoms with Gasteiger partial charge in [0.05, 0.1) is 18.2 Å². The summed E-state index contributed by atoms with van der Waals surface area (Å²) >= 11 is 0. The standard InChI is InChI=1S/C21H21N3O4/c1-3-27-19-7-5-4-6-17(19)24-12-14(10-20(24)25)21(26)23-15-8-9-18-16(11-15)22-13(2)28-18/h4-9,11,14H,3,10,12H2,1-2H3,(H,23,26). The molecule has 0 saturated carbocycles. The van der Waals surface area contributed by atoms with Gasteiger partial charge in [-0.25, -0.2) is 4.98 Å². The molecule has 3 aromatic rings. The van der Waals surface area contributed by atoms with Gasteiger partial charge < -0.3 is 19.4 Å². The minimum absolute atomic E-state index is 0.0881. The van der Waals surface area contributed by atoms with E-state index in [0.717, 1.165) is 0 Å². The van der Waals surface area contributed by atoms with Crippen molar-refractivity contribution >= 4 is 34.3 Å². The lowest BCUT2D eigenvalue weighted by molar-refractivity contribution is -0.122. The number of carbonyl (C=O) groups excluding carboxylic acids is 2. The fraction of sp³-hybridized carbons (Fsp3) is 0.286. The topological polar surface area (TPSA) is 84.7 Å². The Morgan fingerprint density at radius 2 is 2.14 bits per heavy atom. The highest BCUT2D eigenvalue weighted by Crippen LogP contribution is 2.33. The quantitative estimate of drug-likeness (QED) is 0.733. The Morgan fingerprint density at radius 1 is 1.32 bits per heavy atom. The molecule has 0 bridgehead atoms. The Balaban J connectivity index is 1.49. The number of amides is 2. The number of rotatable bonds is 5. The summed E-state index contributed by atoms with van der Waals surface area (Å²) in [7, 11) is 0. The molecule has 0 radical (unpaired) electrons. The van der Waals surface area contributed by atoms with Crippen LogP contribution in [0.15, 0.2) is 46.9 Å². The van der Waals surface area contributed by atoms with E-state index >= 15 is 0 Å². The molecule has 7 heteroatoms. The summed E-state index contributed by atoms with van der Waals surface area (Å²) in [5.74, 6) is 0.505. The summed E-state index contributed by atoms with van der Waals surface area (Å²) < 4.78 is 11.1. The lowest BCUT2D eigenvalue weighted by atomic mass is 10.1. The molecule has 2 aromatic carbocycles. The van der Waals surface area contributed by atoms with Gasteiger partial charge in [0.2, 0.25) is 11.8 Å². The second-order valence-electron chi connectivity index (χ2n) is 6.71. The third-order valence-corrected chi connectivity index (χ3v) is 4.71. The number of fused-ring (bicyclic) bond motifs is 1. The molecule has 1 aliphatic rings. The Kier molecular flexibility index (Phi) is 4.73. The van der Waals surface area contributed by atoms with E-state index in [1.54, 1.807) is 30.0 Å². The number of ether oxygens (including phenoxy) is 1. The van der Waals surface area contributed by atoms with Crippen LogP contribution in [-0.4, -0.2) is 29.9 Å². The summed E-state index contributed by atoms with van der Waals surface area (Å²) in [6, 6.07) is 12.7. The zero-order chi connectivity index (χ0) is 19.7. The van der Waals surface area contributed by atoms with Gasteiger partial charge in [-0.1, -0.05) is 12.1 Å². The van der Waals surface area contributed by atoms with Gasteiger partial charge in [0.1, 0.15) is 11.3 Å². The van der Waals surface area contributed by atoms with Crippen LogP contribution in [0.2, 0.25) is 0 Å². The van der Waals surface area contributed by atoms with Crippen molar-refractivity contribution in [2.75, 3.05) is 23.4 Å². The molecular weight excluding hydrogens is 358 g/mol. The van der Waals surface area contributed by atoms with Crippen molar-refractivity contribution in [2.45, 2.75) is 20.3 Å². The first-order chi connectivity index (χ1) is 13.5. The predicted molar refractivity (Wildman–Crippen MR) is 105 cm³/mol. The third-order valence-electron chi connectivity index (χ3n) is 4.71. The SMILES string of the molecule is CCOc1ccccc1N1CC(C(=O)Nc2ccc3oc(C)nc3c2)CC1=O. The first-order valence-corrected chi connectivity index (χ1v) is 9.25. The van der Waals surface area contributed by atoms with Gasteiger partial charge in [0, 0.05) is 25.6 Å². The van der Waals surface area contributed by atoms with Crippen molar-refractivity contribution in [1.82, 2.24) is 4.98 Å². The van der Waals surface area contributed by atoms with Gasteiger partial charge in [0.15, 0.2) is 11.5 Å². The summed E-state index contributed by atoms with van der Waals surface area (Å²) in [6.07, 6.45) is 0.164. The molecule has 7 nitrogen and oxygen atoms in total. The molecule has 1 N–H and O–H groups in total. The normalized spacial score (nSPS) is 16.6. The number of benzene rings is 2.